The molecule has 0 aliphatic carbocycles. The van der Waals surface area contributed by atoms with E-state index in [-0.39, 0.29) is 0 Å². The monoisotopic (exact) mass is 416 g/mol. The van der Waals surface area contributed by atoms with Crippen LogP contribution in [0.5, 0.6) is 23.0 Å². The average molecular weight is 417 g/mol. The smallest absolute Gasteiger partial charge is 0.269 e. The topological polar surface area (TPSA) is 95.1 Å². The van der Waals surface area contributed by atoms with Gasteiger partial charge in [-0.25, -0.2) is 0 Å². The van der Waals surface area contributed by atoms with Crippen molar-refractivity contribution >= 4 is 29.5 Å². The molecule has 0 aromatic heterocycles. The van der Waals surface area contributed by atoms with Crippen LogP contribution in [0, 0.1) is 0 Å². The summed E-state index contributed by atoms with van der Waals surface area (Å²) >= 11 is 6.17. The Kier molecular flexibility index (Phi) is 5.44. The predicted molar refractivity (Wildman–Crippen MR) is 105 cm³/mol. The van der Waals surface area contributed by atoms with Gasteiger partial charge in [-0.3, -0.25) is 20.4 Å². The Morgan fingerprint density at radius 2 is 1.59 bits per heavy atom. The second-order valence-electron chi connectivity index (χ2n) is 6.16. The molecule has 150 valence electrons. The molecule has 0 atom stereocenters. The molecule has 9 heteroatoms. The molecule has 2 amide bonds. The van der Waals surface area contributed by atoms with E-state index >= 15 is 0 Å². The van der Waals surface area contributed by atoms with Crippen molar-refractivity contribution in [3.8, 4) is 23.0 Å². The predicted octanol–water partition coefficient (Wildman–Crippen LogP) is 2.36. The highest BCUT2D eigenvalue weighted by Crippen LogP contribution is 2.38. The quantitative estimate of drug-likeness (QED) is 0.589. The van der Waals surface area contributed by atoms with Gasteiger partial charge in [0.15, 0.2) is 23.0 Å². The van der Waals surface area contributed by atoms with Crippen LogP contribution < -0.4 is 29.8 Å². The highest BCUT2D eigenvalue weighted by atomic mass is 35.5. The van der Waals surface area contributed by atoms with E-state index in [9.17, 15) is 9.59 Å². The molecule has 0 saturated carbocycles. The summed E-state index contributed by atoms with van der Waals surface area (Å²) in [6.07, 6.45) is 2.82. The molecule has 2 N–H and O–H groups in total. The first kappa shape index (κ1) is 18.9. The van der Waals surface area contributed by atoms with Crippen molar-refractivity contribution in [3.05, 3.63) is 52.6 Å². The van der Waals surface area contributed by atoms with E-state index in [1.54, 1.807) is 36.4 Å². The fourth-order valence-corrected chi connectivity index (χ4v) is 3.09. The van der Waals surface area contributed by atoms with Gasteiger partial charge in [0.05, 0.1) is 5.02 Å². The fraction of sp³-hybridized carbons (Fsp3) is 0.200. The summed E-state index contributed by atoms with van der Waals surface area (Å²) in [4.78, 5) is 24.2. The highest BCUT2D eigenvalue weighted by Gasteiger charge is 2.17. The molecule has 0 saturated heterocycles. The van der Waals surface area contributed by atoms with Gasteiger partial charge in [-0.05, 0) is 42.0 Å². The molecule has 0 fully saturated rings. The first-order chi connectivity index (χ1) is 14.1. The van der Waals surface area contributed by atoms with Gasteiger partial charge in [0, 0.05) is 11.6 Å². The number of halogens is 1. The zero-order valence-electron chi connectivity index (χ0n) is 15.2. The van der Waals surface area contributed by atoms with E-state index < -0.39 is 11.8 Å². The van der Waals surface area contributed by atoms with Crippen molar-refractivity contribution in [2.75, 3.05) is 26.4 Å². The lowest BCUT2D eigenvalue weighted by molar-refractivity contribution is -0.117. The minimum Gasteiger partial charge on any atom is -0.486 e. The van der Waals surface area contributed by atoms with Gasteiger partial charge in [0.2, 0.25) is 0 Å². The summed E-state index contributed by atoms with van der Waals surface area (Å²) in [5.41, 5.74) is 5.66. The first-order valence-corrected chi connectivity index (χ1v) is 9.25. The molecular weight excluding hydrogens is 400 g/mol. The van der Waals surface area contributed by atoms with E-state index in [0.29, 0.717) is 65.6 Å². The minimum atomic E-state index is -0.512. The third kappa shape index (κ3) is 4.38. The SMILES string of the molecule is O=C(/C=C/c1cc(Cl)c2c(c1)OCCO2)NNC(=O)c1ccc2c(c1)OCCO2. The zero-order valence-corrected chi connectivity index (χ0v) is 16.0. The zero-order chi connectivity index (χ0) is 20.2. The molecule has 0 spiro atoms. The second kappa shape index (κ2) is 8.32. The summed E-state index contributed by atoms with van der Waals surface area (Å²) < 4.78 is 21.8. The number of amides is 2. The van der Waals surface area contributed by atoms with Gasteiger partial charge < -0.3 is 18.9 Å². The fourth-order valence-electron chi connectivity index (χ4n) is 2.82. The van der Waals surface area contributed by atoms with Crippen LogP contribution in [-0.2, 0) is 4.79 Å². The maximum Gasteiger partial charge on any atom is 0.269 e. The van der Waals surface area contributed by atoms with E-state index in [0.717, 1.165) is 0 Å². The number of carbonyl (C=O) groups excluding carboxylic acids is 2. The molecule has 8 nitrogen and oxygen atoms in total. The van der Waals surface area contributed by atoms with Crippen LogP contribution in [0.15, 0.2) is 36.4 Å². The number of hydrogen-bond acceptors (Lipinski definition) is 6. The van der Waals surface area contributed by atoms with Gasteiger partial charge in [0.1, 0.15) is 26.4 Å². The molecule has 29 heavy (non-hydrogen) atoms. The van der Waals surface area contributed by atoms with Crippen LogP contribution in [0.1, 0.15) is 15.9 Å². The second-order valence-corrected chi connectivity index (χ2v) is 6.57. The Hall–Kier alpha value is -3.39. The molecule has 0 unspecified atom stereocenters. The van der Waals surface area contributed by atoms with Crippen LogP contribution >= 0.6 is 11.6 Å². The van der Waals surface area contributed by atoms with Crippen LogP contribution in [0.4, 0.5) is 0 Å². The molecule has 0 radical (unpaired) electrons. The van der Waals surface area contributed by atoms with Gasteiger partial charge in [-0.2, -0.15) is 0 Å². The van der Waals surface area contributed by atoms with Crippen molar-refractivity contribution in [2.24, 2.45) is 0 Å². The van der Waals surface area contributed by atoms with Crippen molar-refractivity contribution in [1.29, 1.82) is 0 Å². The largest absolute Gasteiger partial charge is 0.486 e. The number of fused-ring (bicyclic) bond motifs is 2. The highest BCUT2D eigenvalue weighted by molar-refractivity contribution is 6.32. The van der Waals surface area contributed by atoms with Gasteiger partial charge in [-0.1, -0.05) is 11.6 Å². The molecule has 2 aliphatic rings. The van der Waals surface area contributed by atoms with Crippen molar-refractivity contribution in [2.45, 2.75) is 0 Å². The number of carbonyl (C=O) groups is 2. The van der Waals surface area contributed by atoms with E-state index in [4.69, 9.17) is 30.5 Å². The minimum absolute atomic E-state index is 0.331. The van der Waals surface area contributed by atoms with Gasteiger partial charge in [-0.15, -0.1) is 0 Å². The lowest BCUT2D eigenvalue weighted by Gasteiger charge is -2.19. The summed E-state index contributed by atoms with van der Waals surface area (Å²) in [6, 6.07) is 8.17. The van der Waals surface area contributed by atoms with Crippen LogP contribution in [0.25, 0.3) is 6.08 Å². The maximum atomic E-state index is 12.2. The van der Waals surface area contributed by atoms with Crippen molar-refractivity contribution < 1.29 is 28.5 Å². The van der Waals surface area contributed by atoms with E-state index in [2.05, 4.69) is 10.9 Å². The summed E-state index contributed by atoms with van der Waals surface area (Å²) in [5, 5.41) is 0.397. The molecule has 2 aliphatic heterocycles. The lowest BCUT2D eigenvalue weighted by Crippen LogP contribution is -2.40. The number of hydrazine groups is 1. The molecule has 0 bridgehead atoms. The number of rotatable bonds is 3. The summed E-state index contributed by atoms with van der Waals surface area (Å²) in [7, 11) is 0. The Bertz CT molecular complexity index is 991. The third-order valence-corrected chi connectivity index (χ3v) is 4.43. The van der Waals surface area contributed by atoms with Crippen molar-refractivity contribution in [1.82, 2.24) is 10.9 Å². The van der Waals surface area contributed by atoms with E-state index in [1.165, 1.54) is 6.08 Å². The first-order valence-electron chi connectivity index (χ1n) is 8.87. The normalized spacial score (nSPS) is 14.4. The third-order valence-electron chi connectivity index (χ3n) is 4.15. The standard InChI is InChI=1S/C20H17ClN2O6/c21-14-9-12(10-17-19(14)29-8-7-28-17)1-4-18(24)22-23-20(25)13-2-3-15-16(11-13)27-6-5-26-15/h1-4,9-11H,5-8H2,(H,22,24)(H,23,25)/b4-1+. The molecule has 2 heterocycles. The van der Waals surface area contributed by atoms with Crippen LogP contribution in [0.3, 0.4) is 0 Å². The summed E-state index contributed by atoms with van der Waals surface area (Å²) in [5.74, 6) is 1.10. The maximum absolute atomic E-state index is 12.2. The number of hydrogen-bond donors (Lipinski definition) is 2. The van der Waals surface area contributed by atoms with Crippen LogP contribution in [0.2, 0.25) is 5.02 Å². The van der Waals surface area contributed by atoms with Crippen molar-refractivity contribution in [3.63, 3.8) is 0 Å². The Balaban J connectivity index is 1.35. The Morgan fingerprint density at radius 3 is 2.41 bits per heavy atom. The van der Waals surface area contributed by atoms with Gasteiger partial charge >= 0.3 is 0 Å². The lowest BCUT2D eigenvalue weighted by atomic mass is 10.1. The Labute approximate surface area is 171 Å². The molecule has 4 rings (SSSR count). The number of ether oxygens (including phenoxy) is 4. The van der Waals surface area contributed by atoms with Gasteiger partial charge in [0.25, 0.3) is 11.8 Å². The molecule has 2 aromatic carbocycles. The van der Waals surface area contributed by atoms with Crippen LogP contribution in [-0.4, -0.2) is 38.2 Å². The Morgan fingerprint density at radius 1 is 0.862 bits per heavy atom. The number of benzene rings is 2. The molecular formula is C20H17ClN2O6. The van der Waals surface area contributed by atoms with E-state index in [1.807, 2.05) is 0 Å². The summed E-state index contributed by atoms with van der Waals surface area (Å²) in [6.45, 7) is 1.76. The average Bonchev–Trinajstić information content (AvgIpc) is 2.75. The molecule has 2 aromatic rings. The number of nitrogens with one attached hydrogen (secondary N) is 2.